The number of hydrogen-bond donors (Lipinski definition) is 1. The largest absolute Gasteiger partial charge is 0.497 e. The highest BCUT2D eigenvalue weighted by Crippen LogP contribution is 2.40. The molecule has 1 aliphatic rings. The Morgan fingerprint density at radius 2 is 2.05 bits per heavy atom. The van der Waals surface area contributed by atoms with Crippen molar-refractivity contribution >= 4 is 0 Å². The fraction of sp³-hybridized carbons (Fsp3) is 0.294. The van der Waals surface area contributed by atoms with Crippen LogP contribution in [0.15, 0.2) is 48.5 Å². The fourth-order valence-corrected chi connectivity index (χ4v) is 2.83. The van der Waals surface area contributed by atoms with Crippen molar-refractivity contribution in [1.82, 2.24) is 0 Å². The van der Waals surface area contributed by atoms with E-state index in [1.165, 1.54) is 11.1 Å². The maximum absolute atomic E-state index is 10.3. The first-order valence-electron chi connectivity index (χ1n) is 6.67. The van der Waals surface area contributed by atoms with Gasteiger partial charge < -0.3 is 9.84 Å². The molecule has 2 unspecified atom stereocenters. The Morgan fingerprint density at radius 1 is 1.21 bits per heavy atom. The number of aliphatic hydroxyl groups excluding tert-OH is 1. The first-order chi connectivity index (χ1) is 9.28. The molecule has 98 valence electrons. The van der Waals surface area contributed by atoms with Gasteiger partial charge in [-0.05, 0) is 47.6 Å². The molecule has 0 radical (unpaired) electrons. The van der Waals surface area contributed by atoms with Crippen LogP contribution in [-0.2, 0) is 6.42 Å². The molecular formula is C17H18O2. The maximum atomic E-state index is 10.3. The van der Waals surface area contributed by atoms with Crippen molar-refractivity contribution in [1.29, 1.82) is 0 Å². The summed E-state index contributed by atoms with van der Waals surface area (Å²) in [6.07, 6.45) is 1.44. The van der Waals surface area contributed by atoms with Gasteiger partial charge in [0.15, 0.2) is 0 Å². The molecule has 0 bridgehead atoms. The maximum Gasteiger partial charge on any atom is 0.119 e. The Hall–Kier alpha value is -1.80. The zero-order valence-corrected chi connectivity index (χ0v) is 11.0. The number of methoxy groups -OCH3 is 1. The van der Waals surface area contributed by atoms with Crippen molar-refractivity contribution in [2.24, 2.45) is 0 Å². The Kier molecular flexibility index (Phi) is 3.26. The summed E-state index contributed by atoms with van der Waals surface area (Å²) in [7, 11) is 1.65. The van der Waals surface area contributed by atoms with E-state index in [2.05, 4.69) is 24.3 Å². The molecule has 1 aliphatic carbocycles. The average molecular weight is 254 g/mol. The zero-order chi connectivity index (χ0) is 13.2. The molecule has 0 fully saturated rings. The predicted molar refractivity (Wildman–Crippen MR) is 75.5 cm³/mol. The minimum Gasteiger partial charge on any atom is -0.497 e. The monoisotopic (exact) mass is 254 g/mol. The molecule has 19 heavy (non-hydrogen) atoms. The lowest BCUT2D eigenvalue weighted by molar-refractivity contribution is 0.153. The second-order valence-electron chi connectivity index (χ2n) is 5.13. The number of ether oxygens (including phenoxy) is 1. The molecule has 0 saturated carbocycles. The highest BCUT2D eigenvalue weighted by Gasteiger charge is 2.27. The summed E-state index contributed by atoms with van der Waals surface area (Å²) >= 11 is 0. The molecule has 2 aromatic carbocycles. The highest BCUT2D eigenvalue weighted by molar-refractivity contribution is 5.40. The third-order valence-electron chi connectivity index (χ3n) is 3.95. The van der Waals surface area contributed by atoms with Crippen LogP contribution in [0.1, 0.15) is 35.1 Å². The van der Waals surface area contributed by atoms with E-state index in [0.717, 1.165) is 24.2 Å². The summed E-state index contributed by atoms with van der Waals surface area (Å²) in [6, 6.07) is 16.2. The van der Waals surface area contributed by atoms with Crippen LogP contribution in [0.3, 0.4) is 0 Å². The van der Waals surface area contributed by atoms with Gasteiger partial charge >= 0.3 is 0 Å². The SMILES string of the molecule is COc1cccc(C(O)CC2Cc3ccccc32)c1. The van der Waals surface area contributed by atoms with Crippen LogP contribution in [0.5, 0.6) is 5.75 Å². The lowest BCUT2D eigenvalue weighted by Gasteiger charge is -2.31. The lowest BCUT2D eigenvalue weighted by Crippen LogP contribution is -2.19. The van der Waals surface area contributed by atoms with Crippen molar-refractivity contribution < 1.29 is 9.84 Å². The van der Waals surface area contributed by atoms with E-state index in [1.807, 2.05) is 24.3 Å². The van der Waals surface area contributed by atoms with Gasteiger partial charge in [-0.2, -0.15) is 0 Å². The molecular weight excluding hydrogens is 236 g/mol. The van der Waals surface area contributed by atoms with Crippen LogP contribution in [0, 0.1) is 0 Å². The molecule has 0 aliphatic heterocycles. The van der Waals surface area contributed by atoms with E-state index in [1.54, 1.807) is 7.11 Å². The summed E-state index contributed by atoms with van der Waals surface area (Å²) in [6.45, 7) is 0. The first kappa shape index (κ1) is 12.2. The van der Waals surface area contributed by atoms with Gasteiger partial charge in [0.1, 0.15) is 5.75 Å². The van der Waals surface area contributed by atoms with Gasteiger partial charge in [-0.15, -0.1) is 0 Å². The molecule has 2 nitrogen and oxygen atoms in total. The third-order valence-corrected chi connectivity index (χ3v) is 3.95. The summed E-state index contributed by atoms with van der Waals surface area (Å²) in [5.74, 6) is 1.28. The van der Waals surface area contributed by atoms with Gasteiger partial charge in [-0.25, -0.2) is 0 Å². The normalized spacial score (nSPS) is 18.3. The number of benzene rings is 2. The van der Waals surface area contributed by atoms with Crippen LogP contribution in [0.4, 0.5) is 0 Å². The first-order valence-corrected chi connectivity index (χ1v) is 6.67. The Bertz CT molecular complexity index is 577. The molecule has 0 saturated heterocycles. The average Bonchev–Trinajstić information content (AvgIpc) is 2.44. The smallest absolute Gasteiger partial charge is 0.119 e. The molecule has 2 atom stereocenters. The quantitative estimate of drug-likeness (QED) is 0.905. The molecule has 0 spiro atoms. The van der Waals surface area contributed by atoms with E-state index in [0.29, 0.717) is 5.92 Å². The topological polar surface area (TPSA) is 29.5 Å². The Morgan fingerprint density at radius 3 is 2.84 bits per heavy atom. The van der Waals surface area contributed by atoms with Crippen LogP contribution >= 0.6 is 0 Å². The van der Waals surface area contributed by atoms with Crippen LogP contribution in [-0.4, -0.2) is 12.2 Å². The van der Waals surface area contributed by atoms with Crippen LogP contribution < -0.4 is 4.74 Å². The van der Waals surface area contributed by atoms with Gasteiger partial charge in [0, 0.05) is 0 Å². The van der Waals surface area contributed by atoms with Crippen molar-refractivity contribution in [3.8, 4) is 5.75 Å². The minimum atomic E-state index is -0.423. The summed E-state index contributed by atoms with van der Waals surface area (Å²) in [5, 5.41) is 10.3. The Balaban J connectivity index is 1.71. The number of aliphatic hydroxyl groups is 1. The standard InChI is InChI=1S/C17H18O2/c1-19-15-7-4-6-13(10-15)17(18)11-14-9-12-5-2-3-8-16(12)14/h2-8,10,14,17-18H,9,11H2,1H3. The summed E-state index contributed by atoms with van der Waals surface area (Å²) in [5.41, 5.74) is 3.75. The zero-order valence-electron chi connectivity index (χ0n) is 11.0. The van der Waals surface area contributed by atoms with Gasteiger partial charge in [-0.3, -0.25) is 0 Å². The van der Waals surface area contributed by atoms with Crippen LogP contribution in [0.2, 0.25) is 0 Å². The molecule has 2 aromatic rings. The summed E-state index contributed by atoms with van der Waals surface area (Å²) < 4.78 is 5.20. The number of rotatable bonds is 4. The number of fused-ring (bicyclic) bond motifs is 1. The molecule has 0 heterocycles. The molecule has 2 heteroatoms. The van der Waals surface area contributed by atoms with Crippen molar-refractivity contribution in [3.05, 3.63) is 65.2 Å². The van der Waals surface area contributed by atoms with Crippen molar-refractivity contribution in [2.45, 2.75) is 24.9 Å². The van der Waals surface area contributed by atoms with Gasteiger partial charge in [0.2, 0.25) is 0 Å². The third kappa shape index (κ3) is 2.36. The molecule has 3 rings (SSSR count). The van der Waals surface area contributed by atoms with Gasteiger partial charge in [0.05, 0.1) is 13.2 Å². The van der Waals surface area contributed by atoms with E-state index in [9.17, 15) is 5.11 Å². The predicted octanol–water partition coefficient (Wildman–Crippen LogP) is 3.46. The Labute approximate surface area is 113 Å². The number of hydrogen-bond acceptors (Lipinski definition) is 2. The fourth-order valence-electron chi connectivity index (χ4n) is 2.83. The molecule has 1 N–H and O–H groups in total. The van der Waals surface area contributed by atoms with Crippen LogP contribution in [0.25, 0.3) is 0 Å². The van der Waals surface area contributed by atoms with Crippen molar-refractivity contribution in [3.63, 3.8) is 0 Å². The molecule has 0 aromatic heterocycles. The van der Waals surface area contributed by atoms with E-state index >= 15 is 0 Å². The highest BCUT2D eigenvalue weighted by atomic mass is 16.5. The summed E-state index contributed by atoms with van der Waals surface area (Å²) in [4.78, 5) is 0. The van der Waals surface area contributed by atoms with Gasteiger partial charge in [-0.1, -0.05) is 36.4 Å². The van der Waals surface area contributed by atoms with E-state index in [4.69, 9.17) is 4.74 Å². The van der Waals surface area contributed by atoms with Crippen molar-refractivity contribution in [2.75, 3.05) is 7.11 Å². The molecule has 0 amide bonds. The van der Waals surface area contributed by atoms with E-state index < -0.39 is 6.10 Å². The minimum absolute atomic E-state index is 0.423. The van der Waals surface area contributed by atoms with E-state index in [-0.39, 0.29) is 0 Å². The lowest BCUT2D eigenvalue weighted by atomic mass is 9.74. The second kappa shape index (κ2) is 5.06. The second-order valence-corrected chi connectivity index (χ2v) is 5.13. The van der Waals surface area contributed by atoms with Gasteiger partial charge in [0.25, 0.3) is 0 Å².